The van der Waals surface area contributed by atoms with Gasteiger partial charge < -0.3 is 14.3 Å². The molecule has 0 fully saturated rings. The van der Waals surface area contributed by atoms with Gasteiger partial charge >= 0.3 is 5.97 Å². The molecule has 1 N–H and O–H groups in total. The van der Waals surface area contributed by atoms with E-state index in [1.165, 1.54) is 0 Å². The molecule has 0 bridgehead atoms. The van der Waals surface area contributed by atoms with E-state index in [0.29, 0.717) is 6.61 Å². The molecular formula is C18H14O4. The molecule has 4 nitrogen and oxygen atoms in total. The summed E-state index contributed by atoms with van der Waals surface area (Å²) in [7, 11) is 0. The Balaban J connectivity index is 1.66. The minimum Gasteiger partial charge on any atom is -0.489 e. The lowest BCUT2D eigenvalue weighted by Gasteiger charge is -2.07. The van der Waals surface area contributed by atoms with Crippen molar-refractivity contribution in [2.45, 2.75) is 6.61 Å². The monoisotopic (exact) mass is 294 g/mol. The fraction of sp³-hybridized carbons (Fsp3) is 0.0556. The zero-order chi connectivity index (χ0) is 15.4. The molecule has 0 spiro atoms. The van der Waals surface area contributed by atoms with Gasteiger partial charge in [0.15, 0.2) is 0 Å². The van der Waals surface area contributed by atoms with Gasteiger partial charge in [-0.05, 0) is 54.1 Å². The van der Waals surface area contributed by atoms with Crippen LogP contribution in [0.4, 0.5) is 0 Å². The largest absolute Gasteiger partial charge is 0.489 e. The van der Waals surface area contributed by atoms with Crippen molar-refractivity contribution in [2.75, 3.05) is 0 Å². The zero-order valence-electron chi connectivity index (χ0n) is 11.7. The molecule has 3 aromatic rings. The molecule has 0 amide bonds. The van der Waals surface area contributed by atoms with Gasteiger partial charge in [0.25, 0.3) is 0 Å². The van der Waals surface area contributed by atoms with Crippen LogP contribution in [0, 0.1) is 0 Å². The highest BCUT2D eigenvalue weighted by atomic mass is 16.5. The Morgan fingerprint density at radius 3 is 2.55 bits per heavy atom. The molecule has 0 radical (unpaired) electrons. The SMILES string of the molecule is O=C(O)c1cccc(COc2ccc(-c3ccco3)cc2)c1. The van der Waals surface area contributed by atoms with Gasteiger partial charge in [0.1, 0.15) is 18.1 Å². The molecular weight excluding hydrogens is 280 g/mol. The lowest BCUT2D eigenvalue weighted by atomic mass is 10.1. The first-order valence-electron chi connectivity index (χ1n) is 6.81. The van der Waals surface area contributed by atoms with Crippen LogP contribution >= 0.6 is 0 Å². The van der Waals surface area contributed by atoms with Gasteiger partial charge in [0.05, 0.1) is 11.8 Å². The molecule has 22 heavy (non-hydrogen) atoms. The van der Waals surface area contributed by atoms with E-state index < -0.39 is 5.97 Å². The first-order chi connectivity index (χ1) is 10.7. The first kappa shape index (κ1) is 13.9. The zero-order valence-corrected chi connectivity index (χ0v) is 11.7. The minimum absolute atomic E-state index is 0.259. The molecule has 0 atom stereocenters. The van der Waals surface area contributed by atoms with Crippen LogP contribution in [0.1, 0.15) is 15.9 Å². The van der Waals surface area contributed by atoms with Crippen LogP contribution < -0.4 is 4.74 Å². The molecule has 0 aliphatic heterocycles. The topological polar surface area (TPSA) is 59.7 Å². The molecule has 0 saturated heterocycles. The van der Waals surface area contributed by atoms with Gasteiger partial charge in [-0.15, -0.1) is 0 Å². The first-order valence-corrected chi connectivity index (χ1v) is 6.81. The maximum Gasteiger partial charge on any atom is 0.335 e. The summed E-state index contributed by atoms with van der Waals surface area (Å²) in [5.41, 5.74) is 2.05. The summed E-state index contributed by atoms with van der Waals surface area (Å²) in [5.74, 6) is 0.585. The van der Waals surface area contributed by atoms with Gasteiger partial charge in [-0.3, -0.25) is 0 Å². The van der Waals surface area contributed by atoms with Crippen molar-refractivity contribution < 1.29 is 19.1 Å². The summed E-state index contributed by atoms with van der Waals surface area (Å²) < 4.78 is 11.0. The Bertz CT molecular complexity index is 758. The average Bonchev–Trinajstić information content (AvgIpc) is 3.08. The molecule has 0 saturated carbocycles. The Morgan fingerprint density at radius 1 is 1.05 bits per heavy atom. The second-order valence-electron chi connectivity index (χ2n) is 4.80. The number of carboxylic acid groups (broad SMARTS) is 1. The Morgan fingerprint density at radius 2 is 1.86 bits per heavy atom. The number of ether oxygens (including phenoxy) is 1. The van der Waals surface area contributed by atoms with E-state index in [1.54, 1.807) is 24.5 Å². The molecule has 0 aliphatic carbocycles. The van der Waals surface area contributed by atoms with Crippen LogP contribution in [0.3, 0.4) is 0 Å². The second-order valence-corrected chi connectivity index (χ2v) is 4.80. The van der Waals surface area contributed by atoms with Crippen molar-refractivity contribution in [3.8, 4) is 17.1 Å². The van der Waals surface area contributed by atoms with Crippen molar-refractivity contribution in [1.29, 1.82) is 0 Å². The normalized spacial score (nSPS) is 10.4. The predicted octanol–water partition coefficient (Wildman–Crippen LogP) is 4.22. The number of carboxylic acids is 1. The lowest BCUT2D eigenvalue weighted by Crippen LogP contribution is -2.00. The van der Waals surface area contributed by atoms with Crippen LogP contribution in [0.5, 0.6) is 5.75 Å². The molecule has 1 aromatic heterocycles. The van der Waals surface area contributed by atoms with Gasteiger partial charge in [-0.2, -0.15) is 0 Å². The number of rotatable bonds is 5. The maximum atomic E-state index is 10.9. The van der Waals surface area contributed by atoms with Crippen molar-refractivity contribution >= 4 is 5.97 Å². The minimum atomic E-state index is -0.940. The van der Waals surface area contributed by atoms with E-state index >= 15 is 0 Å². The molecule has 0 unspecified atom stereocenters. The third kappa shape index (κ3) is 3.17. The van der Waals surface area contributed by atoms with E-state index in [-0.39, 0.29) is 5.56 Å². The smallest absolute Gasteiger partial charge is 0.335 e. The Kier molecular flexibility index (Phi) is 3.92. The highest BCUT2D eigenvalue weighted by Crippen LogP contribution is 2.23. The van der Waals surface area contributed by atoms with Crippen LogP contribution in [0.25, 0.3) is 11.3 Å². The van der Waals surface area contributed by atoms with Crippen molar-refractivity contribution in [1.82, 2.24) is 0 Å². The van der Waals surface area contributed by atoms with Gasteiger partial charge in [0, 0.05) is 5.56 Å². The number of furan rings is 1. The Hall–Kier alpha value is -3.01. The molecule has 2 aromatic carbocycles. The fourth-order valence-corrected chi connectivity index (χ4v) is 2.12. The van der Waals surface area contributed by atoms with E-state index in [4.69, 9.17) is 14.3 Å². The van der Waals surface area contributed by atoms with Crippen LogP contribution in [-0.2, 0) is 6.61 Å². The lowest BCUT2D eigenvalue weighted by molar-refractivity contribution is 0.0696. The van der Waals surface area contributed by atoms with Crippen LogP contribution in [-0.4, -0.2) is 11.1 Å². The van der Waals surface area contributed by atoms with E-state index in [9.17, 15) is 4.79 Å². The number of aromatic carboxylic acids is 1. The molecule has 0 aliphatic rings. The van der Waals surface area contributed by atoms with E-state index in [2.05, 4.69) is 0 Å². The number of hydrogen-bond donors (Lipinski definition) is 1. The van der Waals surface area contributed by atoms with Crippen LogP contribution in [0.15, 0.2) is 71.3 Å². The number of benzene rings is 2. The average molecular weight is 294 g/mol. The summed E-state index contributed by atoms with van der Waals surface area (Å²) in [6, 6.07) is 18.0. The van der Waals surface area contributed by atoms with Crippen LogP contribution in [0.2, 0.25) is 0 Å². The molecule has 1 heterocycles. The number of carbonyl (C=O) groups is 1. The number of hydrogen-bond acceptors (Lipinski definition) is 3. The van der Waals surface area contributed by atoms with Gasteiger partial charge in [-0.25, -0.2) is 4.79 Å². The Labute approximate surface area is 127 Å². The van der Waals surface area contributed by atoms with Crippen molar-refractivity contribution in [2.24, 2.45) is 0 Å². The summed E-state index contributed by atoms with van der Waals surface area (Å²) in [4.78, 5) is 10.9. The highest BCUT2D eigenvalue weighted by molar-refractivity contribution is 5.87. The summed E-state index contributed by atoms with van der Waals surface area (Å²) in [6.45, 7) is 0.321. The quantitative estimate of drug-likeness (QED) is 0.765. The molecule has 110 valence electrons. The van der Waals surface area contributed by atoms with E-state index in [0.717, 1.165) is 22.6 Å². The standard InChI is InChI=1S/C18H14O4/c19-18(20)15-4-1-3-13(11-15)12-22-16-8-6-14(7-9-16)17-5-2-10-21-17/h1-11H,12H2,(H,19,20). The fourth-order valence-electron chi connectivity index (χ4n) is 2.12. The predicted molar refractivity (Wildman–Crippen MR) is 81.9 cm³/mol. The summed E-state index contributed by atoms with van der Waals surface area (Å²) in [5, 5.41) is 8.97. The molecule has 4 heteroatoms. The van der Waals surface area contributed by atoms with Gasteiger partial charge in [0.2, 0.25) is 0 Å². The van der Waals surface area contributed by atoms with E-state index in [1.807, 2.05) is 42.5 Å². The third-order valence-corrected chi connectivity index (χ3v) is 3.24. The van der Waals surface area contributed by atoms with Crippen molar-refractivity contribution in [3.63, 3.8) is 0 Å². The van der Waals surface area contributed by atoms with Crippen molar-refractivity contribution in [3.05, 3.63) is 78.1 Å². The maximum absolute atomic E-state index is 10.9. The summed E-state index contributed by atoms with van der Waals surface area (Å²) >= 11 is 0. The van der Waals surface area contributed by atoms with Gasteiger partial charge in [-0.1, -0.05) is 12.1 Å². The second kappa shape index (κ2) is 6.18. The third-order valence-electron chi connectivity index (χ3n) is 3.24. The highest BCUT2D eigenvalue weighted by Gasteiger charge is 2.04. The molecule has 3 rings (SSSR count). The summed E-state index contributed by atoms with van der Waals surface area (Å²) in [6.07, 6.45) is 1.63.